The van der Waals surface area contributed by atoms with Crippen LogP contribution < -0.4 is 4.90 Å². The van der Waals surface area contributed by atoms with E-state index in [0.29, 0.717) is 11.5 Å². The van der Waals surface area contributed by atoms with E-state index in [1.807, 2.05) is 16.5 Å². The molecule has 0 N–H and O–H groups in total. The molecule has 0 aliphatic carbocycles. The van der Waals surface area contributed by atoms with Crippen LogP contribution >= 0.6 is 0 Å². The Bertz CT molecular complexity index is 1180. The lowest BCUT2D eigenvalue weighted by Crippen LogP contribution is -2.25. The van der Waals surface area contributed by atoms with E-state index in [0.717, 1.165) is 29.5 Å². The Labute approximate surface area is 164 Å². The maximum absolute atomic E-state index is 14.4. The number of anilines is 1. The summed E-state index contributed by atoms with van der Waals surface area (Å²) in [6.45, 7) is 0.0516. The smallest absolute Gasteiger partial charge is 0.155 e. The van der Waals surface area contributed by atoms with E-state index in [1.165, 1.54) is 0 Å². The summed E-state index contributed by atoms with van der Waals surface area (Å²) in [6, 6.07) is 6.35. The first-order chi connectivity index (χ1) is 14.1. The van der Waals surface area contributed by atoms with Crippen molar-refractivity contribution >= 4 is 11.5 Å². The average Bonchev–Trinajstić information content (AvgIpc) is 3.33. The first-order valence-electron chi connectivity index (χ1n) is 9.19. The van der Waals surface area contributed by atoms with Crippen molar-refractivity contribution in [2.24, 2.45) is 0 Å². The molecule has 0 bridgehead atoms. The number of hydrogen-bond acceptors (Lipinski definition) is 4. The van der Waals surface area contributed by atoms with Gasteiger partial charge in [0.1, 0.15) is 23.6 Å². The summed E-state index contributed by atoms with van der Waals surface area (Å²) in [5.74, 6) is -0.648. The van der Waals surface area contributed by atoms with Crippen molar-refractivity contribution in [1.29, 1.82) is 0 Å². The van der Waals surface area contributed by atoms with Gasteiger partial charge in [-0.2, -0.15) is 0 Å². The number of nitrogens with zero attached hydrogens (tertiary/aromatic N) is 5. The Morgan fingerprint density at radius 2 is 1.93 bits per heavy atom. The maximum Gasteiger partial charge on any atom is 0.155 e. The second kappa shape index (κ2) is 6.88. The summed E-state index contributed by atoms with van der Waals surface area (Å²) >= 11 is 0. The molecule has 2 atom stereocenters. The third-order valence-corrected chi connectivity index (χ3v) is 5.20. The molecule has 1 aliphatic heterocycles. The second-order valence-corrected chi connectivity index (χ2v) is 7.03. The monoisotopic (exact) mass is 395 g/mol. The highest BCUT2D eigenvalue weighted by Crippen LogP contribution is 2.38. The summed E-state index contributed by atoms with van der Waals surface area (Å²) in [7, 11) is 0. The fraction of sp³-hybridized carbons (Fsp3) is 0.190. The van der Waals surface area contributed by atoms with Gasteiger partial charge in [-0.05, 0) is 30.3 Å². The predicted molar refractivity (Wildman–Crippen MR) is 102 cm³/mol. The molecule has 0 unspecified atom stereocenters. The zero-order chi connectivity index (χ0) is 20.0. The van der Waals surface area contributed by atoms with Gasteiger partial charge in [0, 0.05) is 29.9 Å². The van der Waals surface area contributed by atoms with Gasteiger partial charge in [-0.3, -0.25) is 9.38 Å². The third kappa shape index (κ3) is 3.10. The van der Waals surface area contributed by atoms with E-state index in [9.17, 15) is 13.2 Å². The van der Waals surface area contributed by atoms with Gasteiger partial charge in [0.25, 0.3) is 0 Å². The number of alkyl halides is 1. The molecular weight excluding hydrogens is 379 g/mol. The van der Waals surface area contributed by atoms with Crippen LogP contribution in [0.15, 0.2) is 61.3 Å². The number of aromatic nitrogens is 4. The predicted octanol–water partition coefficient (Wildman–Crippen LogP) is 4.36. The van der Waals surface area contributed by atoms with Crippen molar-refractivity contribution in [3.05, 3.63) is 78.5 Å². The van der Waals surface area contributed by atoms with Gasteiger partial charge in [-0.1, -0.05) is 0 Å². The van der Waals surface area contributed by atoms with Gasteiger partial charge in [0.15, 0.2) is 5.65 Å². The number of rotatable bonds is 3. The number of fused-ring (bicyclic) bond motifs is 1. The standard InChI is InChI=1S/C21H16F3N5/c22-14-3-4-17(24)16(6-14)18-7-15(23)11-28(18)21-12-29-19(9-26-20(29)10-27-21)13-2-1-5-25-8-13/h1-6,8-10,12,15,18H,7,11H2/t15-,18+/m0/s1. The van der Waals surface area contributed by atoms with Gasteiger partial charge in [0.05, 0.1) is 36.9 Å². The molecule has 4 heterocycles. The van der Waals surface area contributed by atoms with E-state index in [-0.39, 0.29) is 18.5 Å². The normalized spacial score (nSPS) is 19.2. The van der Waals surface area contributed by atoms with Crippen LogP contribution in [0.5, 0.6) is 0 Å². The fourth-order valence-electron chi connectivity index (χ4n) is 3.86. The summed E-state index contributed by atoms with van der Waals surface area (Å²) in [6.07, 6.45) is 7.35. The van der Waals surface area contributed by atoms with Crippen molar-refractivity contribution in [2.45, 2.75) is 18.6 Å². The Hall–Kier alpha value is -3.42. The van der Waals surface area contributed by atoms with Gasteiger partial charge in [0.2, 0.25) is 0 Å². The van der Waals surface area contributed by atoms with E-state index in [2.05, 4.69) is 15.0 Å². The molecule has 0 radical (unpaired) electrons. The first kappa shape index (κ1) is 17.7. The van der Waals surface area contributed by atoms with E-state index >= 15 is 0 Å². The zero-order valence-electron chi connectivity index (χ0n) is 15.2. The summed E-state index contributed by atoms with van der Waals surface area (Å²) in [5.41, 5.74) is 2.43. The van der Waals surface area contributed by atoms with Crippen molar-refractivity contribution in [3.8, 4) is 11.3 Å². The minimum absolute atomic E-state index is 0.0516. The van der Waals surface area contributed by atoms with Crippen LogP contribution in [0.3, 0.4) is 0 Å². The Kier molecular flexibility index (Phi) is 4.19. The third-order valence-electron chi connectivity index (χ3n) is 5.20. The first-order valence-corrected chi connectivity index (χ1v) is 9.19. The summed E-state index contributed by atoms with van der Waals surface area (Å²) in [5, 5.41) is 0. The van der Waals surface area contributed by atoms with E-state index in [4.69, 9.17) is 0 Å². The number of pyridine rings is 1. The SMILES string of the molecule is Fc1ccc(F)c([C@H]2C[C@H](F)CN2c2cn3c(-c4cccnc4)cnc3cn2)c1. The van der Waals surface area contributed by atoms with Gasteiger partial charge in [-0.15, -0.1) is 0 Å². The molecule has 5 nitrogen and oxygen atoms in total. The summed E-state index contributed by atoms with van der Waals surface area (Å²) < 4.78 is 44.2. The zero-order valence-corrected chi connectivity index (χ0v) is 15.2. The molecule has 5 rings (SSSR count). The molecule has 3 aromatic heterocycles. The largest absolute Gasteiger partial charge is 0.345 e. The average molecular weight is 395 g/mol. The second-order valence-electron chi connectivity index (χ2n) is 7.03. The lowest BCUT2D eigenvalue weighted by atomic mass is 10.0. The quantitative estimate of drug-likeness (QED) is 0.517. The van der Waals surface area contributed by atoms with Crippen LogP contribution in [0.25, 0.3) is 16.9 Å². The molecule has 29 heavy (non-hydrogen) atoms. The van der Waals surface area contributed by atoms with Crippen LogP contribution in [-0.2, 0) is 0 Å². The summed E-state index contributed by atoms with van der Waals surface area (Å²) in [4.78, 5) is 14.6. The molecule has 1 saturated heterocycles. The van der Waals surface area contributed by atoms with E-state index in [1.54, 1.807) is 35.9 Å². The van der Waals surface area contributed by atoms with Crippen LogP contribution in [0.4, 0.5) is 19.0 Å². The van der Waals surface area contributed by atoms with Gasteiger partial charge in [-0.25, -0.2) is 23.1 Å². The van der Waals surface area contributed by atoms with E-state index < -0.39 is 23.8 Å². The lowest BCUT2D eigenvalue weighted by molar-refractivity contribution is 0.355. The van der Waals surface area contributed by atoms with Crippen molar-refractivity contribution in [3.63, 3.8) is 0 Å². The molecule has 1 aliphatic rings. The Balaban J connectivity index is 1.59. The maximum atomic E-state index is 14.4. The van der Waals surface area contributed by atoms with Crippen molar-refractivity contribution in [1.82, 2.24) is 19.4 Å². The Morgan fingerprint density at radius 3 is 2.76 bits per heavy atom. The van der Waals surface area contributed by atoms with Crippen LogP contribution in [-0.4, -0.2) is 32.1 Å². The number of hydrogen-bond donors (Lipinski definition) is 0. The molecule has 0 spiro atoms. The Morgan fingerprint density at radius 1 is 1.03 bits per heavy atom. The fourth-order valence-corrected chi connectivity index (χ4v) is 3.86. The highest BCUT2D eigenvalue weighted by molar-refractivity contribution is 5.63. The minimum atomic E-state index is -1.17. The number of halogens is 3. The molecule has 0 amide bonds. The molecule has 146 valence electrons. The highest BCUT2D eigenvalue weighted by Gasteiger charge is 2.36. The molecule has 4 aromatic rings. The van der Waals surface area contributed by atoms with Crippen LogP contribution in [0.1, 0.15) is 18.0 Å². The number of benzene rings is 1. The number of imidazole rings is 1. The topological polar surface area (TPSA) is 46.3 Å². The van der Waals surface area contributed by atoms with Gasteiger partial charge < -0.3 is 4.90 Å². The molecule has 1 aromatic carbocycles. The molecule has 0 saturated carbocycles. The van der Waals surface area contributed by atoms with Crippen LogP contribution in [0, 0.1) is 11.6 Å². The van der Waals surface area contributed by atoms with Crippen molar-refractivity contribution in [2.75, 3.05) is 11.4 Å². The lowest BCUT2D eigenvalue weighted by Gasteiger charge is -2.26. The molecular formula is C21H16F3N5. The highest BCUT2D eigenvalue weighted by atomic mass is 19.1. The molecule has 1 fully saturated rings. The van der Waals surface area contributed by atoms with Crippen molar-refractivity contribution < 1.29 is 13.2 Å². The molecule has 8 heteroatoms. The minimum Gasteiger partial charge on any atom is -0.345 e. The van der Waals surface area contributed by atoms with Gasteiger partial charge >= 0.3 is 0 Å². The van der Waals surface area contributed by atoms with Crippen LogP contribution in [0.2, 0.25) is 0 Å².